The van der Waals surface area contributed by atoms with Gasteiger partial charge in [0.2, 0.25) is 0 Å². The third-order valence-electron chi connectivity index (χ3n) is 7.51. The Morgan fingerprint density at radius 2 is 1.77 bits per heavy atom. The number of rotatable bonds is 7. The van der Waals surface area contributed by atoms with Crippen molar-refractivity contribution in [2.75, 3.05) is 7.11 Å². The van der Waals surface area contributed by atoms with Crippen molar-refractivity contribution in [3.8, 4) is 17.0 Å². The molecular formula is C31H24Cl3NO5. The third kappa shape index (κ3) is 5.00. The molecule has 9 heteroatoms. The summed E-state index contributed by atoms with van der Waals surface area (Å²) in [6.07, 6.45) is 3.29. The van der Waals surface area contributed by atoms with Crippen molar-refractivity contribution in [2.45, 2.75) is 44.1 Å². The SMILES string of the molecule is COC(=O)c1ccc2c(c1)CCC(c1ccc(OCc3c(-c4c(Cl)cccc4Cl)noc3C3CC3)cc1Cl)C2=O. The number of benzene rings is 3. The van der Waals surface area contributed by atoms with Gasteiger partial charge in [-0.25, -0.2) is 4.79 Å². The average Bonchev–Trinajstić information content (AvgIpc) is 3.72. The highest BCUT2D eigenvalue weighted by molar-refractivity contribution is 6.39. The standard InChI is InChI=1S/C31H24Cl3NO5/c1-38-31(37)18-8-10-20-17(13-18)7-11-22(29(20)36)21-12-9-19(14-26(21)34)39-15-23-28(35-40-30(23)16-5-6-16)27-24(32)3-2-4-25(27)33/h2-4,8-10,12-14,16,22H,5-7,11,15H2,1H3. The Bertz CT molecular complexity index is 1620. The molecule has 2 aliphatic carbocycles. The second-order valence-electron chi connectivity index (χ2n) is 10.0. The molecule has 0 bridgehead atoms. The molecule has 0 radical (unpaired) electrons. The maximum absolute atomic E-state index is 13.4. The van der Waals surface area contributed by atoms with E-state index in [1.807, 2.05) is 12.1 Å². The largest absolute Gasteiger partial charge is 0.489 e. The zero-order valence-electron chi connectivity index (χ0n) is 21.5. The minimum atomic E-state index is -0.423. The number of carbonyl (C=O) groups is 2. The minimum Gasteiger partial charge on any atom is -0.489 e. The lowest BCUT2D eigenvalue weighted by molar-refractivity contribution is 0.0600. The lowest BCUT2D eigenvalue weighted by Gasteiger charge is -2.25. The fraction of sp³-hybridized carbons (Fsp3) is 0.258. The second-order valence-corrected chi connectivity index (χ2v) is 11.3. The summed E-state index contributed by atoms with van der Waals surface area (Å²) >= 11 is 19.6. The Morgan fingerprint density at radius 1 is 1.00 bits per heavy atom. The summed E-state index contributed by atoms with van der Waals surface area (Å²) in [6.45, 7) is 0.195. The molecule has 2 aliphatic rings. The van der Waals surface area contributed by atoms with E-state index in [4.69, 9.17) is 48.8 Å². The number of esters is 1. The third-order valence-corrected chi connectivity index (χ3v) is 8.46. The lowest BCUT2D eigenvalue weighted by atomic mass is 9.78. The van der Waals surface area contributed by atoms with E-state index in [-0.39, 0.29) is 18.3 Å². The normalized spacial score (nSPS) is 16.5. The molecule has 1 aromatic heterocycles. The number of carbonyl (C=O) groups excluding carboxylic acids is 2. The zero-order chi connectivity index (χ0) is 28.0. The van der Waals surface area contributed by atoms with Crippen molar-refractivity contribution in [1.29, 1.82) is 0 Å². The molecular weight excluding hydrogens is 573 g/mol. The first-order chi connectivity index (χ1) is 19.4. The first kappa shape index (κ1) is 26.9. The highest BCUT2D eigenvalue weighted by Gasteiger charge is 2.34. The van der Waals surface area contributed by atoms with Gasteiger partial charge in [-0.1, -0.05) is 58.2 Å². The summed E-state index contributed by atoms with van der Waals surface area (Å²) in [6, 6.07) is 15.7. The van der Waals surface area contributed by atoms with E-state index in [9.17, 15) is 9.59 Å². The van der Waals surface area contributed by atoms with E-state index in [2.05, 4.69) is 5.16 Å². The molecule has 0 spiro atoms. The van der Waals surface area contributed by atoms with Gasteiger partial charge in [0, 0.05) is 28.0 Å². The van der Waals surface area contributed by atoms with E-state index < -0.39 is 5.97 Å². The predicted molar refractivity (Wildman–Crippen MR) is 153 cm³/mol. The number of nitrogens with zero attached hydrogens (tertiary/aromatic N) is 1. The maximum atomic E-state index is 13.4. The Labute approximate surface area is 246 Å². The zero-order valence-corrected chi connectivity index (χ0v) is 23.8. The quantitative estimate of drug-likeness (QED) is 0.199. The van der Waals surface area contributed by atoms with Crippen LogP contribution in [0.5, 0.6) is 5.75 Å². The summed E-state index contributed by atoms with van der Waals surface area (Å²) in [7, 11) is 1.34. The van der Waals surface area contributed by atoms with E-state index in [0.717, 1.165) is 35.3 Å². The molecule has 40 heavy (non-hydrogen) atoms. The fourth-order valence-corrected chi connectivity index (χ4v) is 6.16. The molecule has 6 nitrogen and oxygen atoms in total. The van der Waals surface area contributed by atoms with Crippen molar-refractivity contribution in [2.24, 2.45) is 0 Å². The van der Waals surface area contributed by atoms with Crippen LogP contribution in [0, 0.1) is 0 Å². The molecule has 4 aromatic rings. The molecule has 0 N–H and O–H groups in total. The molecule has 6 rings (SSSR count). The van der Waals surface area contributed by atoms with E-state index in [1.165, 1.54) is 7.11 Å². The van der Waals surface area contributed by atoms with Gasteiger partial charge in [0.25, 0.3) is 0 Å². The number of ether oxygens (including phenoxy) is 2. The van der Waals surface area contributed by atoms with Crippen molar-refractivity contribution in [3.05, 3.63) is 103 Å². The molecule has 0 amide bonds. The van der Waals surface area contributed by atoms with Gasteiger partial charge >= 0.3 is 5.97 Å². The summed E-state index contributed by atoms with van der Waals surface area (Å²) in [5.74, 6) is 0.818. The summed E-state index contributed by atoms with van der Waals surface area (Å²) in [4.78, 5) is 25.3. The van der Waals surface area contributed by atoms with Crippen molar-refractivity contribution in [1.82, 2.24) is 5.16 Å². The Morgan fingerprint density at radius 3 is 2.48 bits per heavy atom. The van der Waals surface area contributed by atoms with Gasteiger partial charge in [-0.3, -0.25) is 4.79 Å². The van der Waals surface area contributed by atoms with Crippen LogP contribution in [0.1, 0.15) is 74.3 Å². The number of aryl methyl sites for hydroxylation is 1. The molecule has 1 atom stereocenters. The molecule has 1 heterocycles. The number of aromatic nitrogens is 1. The van der Waals surface area contributed by atoms with Crippen LogP contribution in [0.15, 0.2) is 59.1 Å². The Kier molecular flexibility index (Phi) is 7.34. The van der Waals surface area contributed by atoms with Crippen molar-refractivity contribution < 1.29 is 23.6 Å². The van der Waals surface area contributed by atoms with Crippen LogP contribution in [-0.2, 0) is 17.8 Å². The molecule has 1 saturated carbocycles. The second kappa shape index (κ2) is 10.9. The van der Waals surface area contributed by atoms with Gasteiger partial charge in [-0.15, -0.1) is 0 Å². The van der Waals surface area contributed by atoms with Gasteiger partial charge in [-0.2, -0.15) is 0 Å². The smallest absolute Gasteiger partial charge is 0.337 e. The maximum Gasteiger partial charge on any atom is 0.337 e. The van der Waals surface area contributed by atoms with Crippen LogP contribution in [0.3, 0.4) is 0 Å². The van der Waals surface area contributed by atoms with Crippen molar-refractivity contribution in [3.63, 3.8) is 0 Å². The van der Waals surface area contributed by atoms with E-state index in [0.29, 0.717) is 62.0 Å². The van der Waals surface area contributed by atoms with Crippen LogP contribution in [0.4, 0.5) is 0 Å². The molecule has 1 unspecified atom stereocenters. The number of Topliss-reactive ketones (excluding diaryl/α,β-unsaturated/α-hetero) is 1. The number of ketones is 1. The van der Waals surface area contributed by atoms with Crippen LogP contribution in [0.2, 0.25) is 15.1 Å². The van der Waals surface area contributed by atoms with Gasteiger partial charge in [0.1, 0.15) is 23.8 Å². The van der Waals surface area contributed by atoms with Crippen LogP contribution in [0.25, 0.3) is 11.3 Å². The summed E-state index contributed by atoms with van der Waals surface area (Å²) < 4.78 is 16.7. The Hall–Kier alpha value is -3.32. The summed E-state index contributed by atoms with van der Waals surface area (Å²) in [5, 5.41) is 5.73. The minimum absolute atomic E-state index is 0.0203. The van der Waals surface area contributed by atoms with Crippen molar-refractivity contribution >= 4 is 46.6 Å². The highest BCUT2D eigenvalue weighted by Crippen LogP contribution is 2.46. The predicted octanol–water partition coefficient (Wildman–Crippen LogP) is 8.46. The van der Waals surface area contributed by atoms with E-state index in [1.54, 1.807) is 42.5 Å². The lowest BCUT2D eigenvalue weighted by Crippen LogP contribution is -2.22. The monoisotopic (exact) mass is 595 g/mol. The van der Waals surface area contributed by atoms with Crippen LogP contribution < -0.4 is 4.74 Å². The molecule has 0 saturated heterocycles. The number of methoxy groups -OCH3 is 1. The molecule has 3 aromatic carbocycles. The van der Waals surface area contributed by atoms with Gasteiger partial charge in [0.05, 0.1) is 28.3 Å². The number of hydrogen-bond donors (Lipinski definition) is 0. The highest BCUT2D eigenvalue weighted by atomic mass is 35.5. The van der Waals surface area contributed by atoms with Crippen LogP contribution >= 0.6 is 34.8 Å². The average molecular weight is 597 g/mol. The number of fused-ring (bicyclic) bond motifs is 1. The van der Waals surface area contributed by atoms with Gasteiger partial charge < -0.3 is 14.0 Å². The topological polar surface area (TPSA) is 78.6 Å². The number of hydrogen-bond acceptors (Lipinski definition) is 6. The molecule has 1 fully saturated rings. The van der Waals surface area contributed by atoms with Gasteiger partial charge in [-0.05, 0) is 73.2 Å². The summed E-state index contributed by atoms with van der Waals surface area (Å²) in [5.41, 5.74) is 4.62. The molecule has 0 aliphatic heterocycles. The fourth-order valence-electron chi connectivity index (χ4n) is 5.29. The van der Waals surface area contributed by atoms with E-state index >= 15 is 0 Å². The first-order valence-electron chi connectivity index (χ1n) is 13.0. The Balaban J connectivity index is 1.23. The van der Waals surface area contributed by atoms with Crippen LogP contribution in [-0.4, -0.2) is 24.0 Å². The van der Waals surface area contributed by atoms with Gasteiger partial charge in [0.15, 0.2) is 5.78 Å². The number of halogens is 3. The molecule has 204 valence electrons. The first-order valence-corrected chi connectivity index (χ1v) is 14.1.